The fourth-order valence-electron chi connectivity index (χ4n) is 3.88. The van der Waals surface area contributed by atoms with Gasteiger partial charge < -0.3 is 24.6 Å². The number of nitrogens with one attached hydrogen (secondary N) is 1. The molecule has 2 N–H and O–H groups in total. The van der Waals surface area contributed by atoms with Crippen LogP contribution < -0.4 is 20.4 Å². The summed E-state index contributed by atoms with van der Waals surface area (Å²) in [6.45, 7) is 2.71. The van der Waals surface area contributed by atoms with Gasteiger partial charge in [-0.15, -0.1) is 25.6 Å². The zero-order valence-electron chi connectivity index (χ0n) is 16.3. The highest BCUT2D eigenvalue weighted by Crippen LogP contribution is 2.45. The number of ether oxygens (including phenoxy) is 1. The van der Waals surface area contributed by atoms with Crippen molar-refractivity contribution in [1.29, 1.82) is 0 Å². The molecule has 2 fully saturated rings. The van der Waals surface area contributed by atoms with Gasteiger partial charge in [-0.2, -0.15) is 0 Å². The first-order valence-corrected chi connectivity index (χ1v) is 9.45. The van der Waals surface area contributed by atoms with Crippen molar-refractivity contribution in [3.05, 3.63) is 33.9 Å². The Morgan fingerprint density at radius 1 is 1.32 bits per heavy atom. The average molecular weight is 466 g/mol. The highest BCUT2D eigenvalue weighted by atomic mass is 35.5. The molecule has 0 spiro atoms. The predicted molar refractivity (Wildman–Crippen MR) is 107 cm³/mol. The third-order valence-corrected chi connectivity index (χ3v) is 5.27. The summed E-state index contributed by atoms with van der Waals surface area (Å²) in [4.78, 5) is 25.6. The number of anilines is 1. The summed E-state index contributed by atoms with van der Waals surface area (Å²) >= 11 is 0. The number of fused-ring (bicyclic) bond motifs is 1. The maximum absolute atomic E-state index is 15.1. The number of halogens is 5. The fraction of sp³-hybridized carbons (Fsp3) is 0.474. The molecule has 1 saturated heterocycles. The molecule has 12 heteroatoms. The Bertz CT molecular complexity index is 1080. The Balaban J connectivity index is 0.00000272. The minimum atomic E-state index is -5.13. The van der Waals surface area contributed by atoms with Crippen LogP contribution in [0.1, 0.15) is 36.2 Å². The summed E-state index contributed by atoms with van der Waals surface area (Å²) in [5.74, 6) is -3.42. The number of benzene rings is 1. The lowest BCUT2D eigenvalue weighted by Gasteiger charge is -2.35. The van der Waals surface area contributed by atoms with Crippen molar-refractivity contribution >= 4 is 35.0 Å². The molecule has 1 aromatic heterocycles. The van der Waals surface area contributed by atoms with Crippen molar-refractivity contribution < 1.29 is 32.2 Å². The number of aromatic nitrogens is 1. The molecule has 31 heavy (non-hydrogen) atoms. The normalized spacial score (nSPS) is 19.3. The molecule has 0 amide bonds. The molecule has 1 saturated carbocycles. The van der Waals surface area contributed by atoms with Crippen LogP contribution in [0.5, 0.6) is 5.75 Å². The Morgan fingerprint density at radius 3 is 2.55 bits per heavy atom. The maximum atomic E-state index is 15.1. The first-order valence-electron chi connectivity index (χ1n) is 9.45. The second kappa shape index (κ2) is 8.19. The first-order chi connectivity index (χ1) is 14.1. The Kier molecular flexibility index (Phi) is 6.12. The van der Waals surface area contributed by atoms with Gasteiger partial charge in [-0.1, -0.05) is 0 Å². The fourth-order valence-corrected chi connectivity index (χ4v) is 3.88. The van der Waals surface area contributed by atoms with Crippen LogP contribution in [0.4, 0.5) is 23.2 Å². The zero-order chi connectivity index (χ0) is 21.8. The van der Waals surface area contributed by atoms with Gasteiger partial charge in [0, 0.05) is 37.9 Å². The molecule has 170 valence electrons. The second-order valence-electron chi connectivity index (χ2n) is 7.60. The number of piperazine rings is 1. The summed E-state index contributed by atoms with van der Waals surface area (Å²) in [5.41, 5.74) is -2.31. The largest absolute Gasteiger partial charge is 0.573 e. The number of hydrogen-bond donors (Lipinski definition) is 2. The summed E-state index contributed by atoms with van der Waals surface area (Å²) in [6.07, 6.45) is -2.92. The van der Waals surface area contributed by atoms with Crippen molar-refractivity contribution in [3.63, 3.8) is 0 Å². The average Bonchev–Trinajstić information content (AvgIpc) is 3.46. The van der Waals surface area contributed by atoms with Gasteiger partial charge in [-0.25, -0.2) is 9.18 Å². The van der Waals surface area contributed by atoms with E-state index in [9.17, 15) is 27.9 Å². The lowest BCUT2D eigenvalue weighted by molar-refractivity contribution is -0.274. The monoisotopic (exact) mass is 465 g/mol. The van der Waals surface area contributed by atoms with Gasteiger partial charge in [0.2, 0.25) is 5.43 Å². The van der Waals surface area contributed by atoms with E-state index in [-0.39, 0.29) is 48.8 Å². The number of alkyl halides is 3. The highest BCUT2D eigenvalue weighted by molar-refractivity contribution is 5.97. The van der Waals surface area contributed by atoms with E-state index >= 15 is 4.39 Å². The topological polar surface area (TPSA) is 83.8 Å². The van der Waals surface area contributed by atoms with Crippen LogP contribution in [0.3, 0.4) is 0 Å². The van der Waals surface area contributed by atoms with Crippen LogP contribution >= 0.6 is 12.4 Å². The molecule has 0 unspecified atom stereocenters. The highest BCUT2D eigenvalue weighted by Gasteiger charge is 2.38. The molecule has 2 heterocycles. The molecule has 7 nitrogen and oxygen atoms in total. The second-order valence-corrected chi connectivity index (χ2v) is 7.60. The number of aromatic carboxylic acids is 1. The number of pyridine rings is 1. The van der Waals surface area contributed by atoms with Gasteiger partial charge in [0.15, 0.2) is 11.6 Å². The van der Waals surface area contributed by atoms with Crippen LogP contribution in [-0.4, -0.2) is 47.7 Å². The Hall–Kier alpha value is -2.53. The summed E-state index contributed by atoms with van der Waals surface area (Å²) in [7, 11) is 0. The zero-order valence-corrected chi connectivity index (χ0v) is 17.1. The molecule has 1 aliphatic heterocycles. The molecule has 4 rings (SSSR count). The van der Waals surface area contributed by atoms with Crippen LogP contribution in [0.25, 0.3) is 10.9 Å². The van der Waals surface area contributed by atoms with Gasteiger partial charge >= 0.3 is 12.3 Å². The van der Waals surface area contributed by atoms with Crippen molar-refractivity contribution in [2.75, 3.05) is 24.5 Å². The number of carboxylic acid groups (broad SMARTS) is 1. The van der Waals surface area contributed by atoms with Gasteiger partial charge in [0.1, 0.15) is 11.3 Å². The molecule has 1 atom stereocenters. The van der Waals surface area contributed by atoms with Crippen molar-refractivity contribution in [2.24, 2.45) is 0 Å². The van der Waals surface area contributed by atoms with E-state index in [0.717, 1.165) is 12.3 Å². The molecule has 1 aliphatic carbocycles. The quantitative estimate of drug-likeness (QED) is 0.674. The first kappa shape index (κ1) is 23.1. The Morgan fingerprint density at radius 2 is 2.00 bits per heavy atom. The summed E-state index contributed by atoms with van der Waals surface area (Å²) in [6, 6.07) is 0.420. The van der Waals surface area contributed by atoms with Gasteiger partial charge in [0.25, 0.3) is 0 Å². The Labute approximate surface area is 180 Å². The molecular formula is C19H20ClF4N3O4. The number of nitrogens with zero attached hydrogens (tertiary/aromatic N) is 2. The third-order valence-electron chi connectivity index (χ3n) is 5.27. The van der Waals surface area contributed by atoms with Gasteiger partial charge in [-0.3, -0.25) is 4.79 Å². The molecule has 0 bridgehead atoms. The van der Waals surface area contributed by atoms with E-state index in [1.54, 1.807) is 0 Å². The predicted octanol–water partition coefficient (Wildman–Crippen LogP) is 3.29. The van der Waals surface area contributed by atoms with E-state index in [1.165, 1.54) is 9.47 Å². The van der Waals surface area contributed by atoms with E-state index in [4.69, 9.17) is 0 Å². The minimum Gasteiger partial charge on any atom is -0.477 e. The van der Waals surface area contributed by atoms with Crippen molar-refractivity contribution in [1.82, 2.24) is 9.88 Å². The van der Waals surface area contributed by atoms with Crippen molar-refractivity contribution in [2.45, 2.75) is 38.2 Å². The van der Waals surface area contributed by atoms with Crippen LogP contribution in [0.15, 0.2) is 17.1 Å². The SMILES string of the molecule is C[C@H]1CN(c2c(F)cc3c(=O)c(C(=O)O)cn(C4CC4)c3c2OC(F)(F)F)CCN1.Cl. The van der Waals surface area contributed by atoms with E-state index in [0.29, 0.717) is 19.4 Å². The molecular weight excluding hydrogens is 446 g/mol. The summed E-state index contributed by atoms with van der Waals surface area (Å²) in [5, 5.41) is 12.0. The molecule has 0 radical (unpaired) electrons. The van der Waals surface area contributed by atoms with Crippen LogP contribution in [0, 0.1) is 5.82 Å². The number of carbonyl (C=O) groups is 1. The van der Waals surface area contributed by atoms with E-state index < -0.39 is 40.3 Å². The van der Waals surface area contributed by atoms with Gasteiger partial charge in [0.05, 0.1) is 10.9 Å². The van der Waals surface area contributed by atoms with Crippen molar-refractivity contribution in [3.8, 4) is 5.75 Å². The lowest BCUT2D eigenvalue weighted by atomic mass is 10.1. The number of carboxylic acids is 1. The van der Waals surface area contributed by atoms with E-state index in [1.807, 2.05) is 6.92 Å². The summed E-state index contributed by atoms with van der Waals surface area (Å²) < 4.78 is 60.7. The van der Waals surface area contributed by atoms with E-state index in [2.05, 4.69) is 10.1 Å². The molecule has 2 aliphatic rings. The lowest BCUT2D eigenvalue weighted by Crippen LogP contribution is -2.49. The standard InChI is InChI=1S/C19H19F4N3O4.ClH/c1-9-7-25(5-4-24-9)15-13(20)6-11-14(17(15)30-19(21,22)23)26(10-2-3-10)8-12(16(11)27)18(28)29;/h6,8-10,24H,2-5,7H2,1H3,(H,28,29);1H/t9-;/m0./s1. The minimum absolute atomic E-state index is 0. The maximum Gasteiger partial charge on any atom is 0.573 e. The van der Waals surface area contributed by atoms with Gasteiger partial charge in [-0.05, 0) is 25.8 Å². The van der Waals surface area contributed by atoms with Crippen LogP contribution in [0.2, 0.25) is 0 Å². The number of rotatable bonds is 4. The molecule has 2 aromatic rings. The smallest absolute Gasteiger partial charge is 0.477 e. The molecule has 1 aromatic carbocycles. The number of hydrogen-bond acceptors (Lipinski definition) is 5. The third kappa shape index (κ3) is 4.42. The van der Waals surface area contributed by atoms with Crippen LogP contribution in [-0.2, 0) is 0 Å².